The second kappa shape index (κ2) is 5.25. The molecule has 2 aromatic carbocycles. The molecule has 0 spiro atoms. The van der Waals surface area contributed by atoms with Gasteiger partial charge in [-0.2, -0.15) is 0 Å². The molecule has 0 N–H and O–H groups in total. The van der Waals surface area contributed by atoms with E-state index in [2.05, 4.69) is 6.07 Å². The standard InChI is InChI=1S/C14H13O3/c1-15-12-8-9-13(16-2)14(10-12)17-11-6-4-3-5-7-11/h4-10H,1-2H3. The van der Waals surface area contributed by atoms with Gasteiger partial charge >= 0.3 is 0 Å². The summed E-state index contributed by atoms with van der Waals surface area (Å²) in [7, 11) is 3.22. The fraction of sp³-hybridized carbons (Fsp3) is 0.143. The molecule has 87 valence electrons. The van der Waals surface area contributed by atoms with Gasteiger partial charge in [0.1, 0.15) is 11.5 Å². The summed E-state index contributed by atoms with van der Waals surface area (Å²) >= 11 is 0. The number of hydrogen-bond acceptors (Lipinski definition) is 3. The summed E-state index contributed by atoms with van der Waals surface area (Å²) in [6, 6.07) is 15.6. The third-order valence-corrected chi connectivity index (χ3v) is 2.29. The third-order valence-electron chi connectivity index (χ3n) is 2.29. The topological polar surface area (TPSA) is 27.7 Å². The highest BCUT2D eigenvalue weighted by Crippen LogP contribution is 2.34. The monoisotopic (exact) mass is 229 g/mol. The van der Waals surface area contributed by atoms with E-state index in [4.69, 9.17) is 14.2 Å². The summed E-state index contributed by atoms with van der Waals surface area (Å²) in [5, 5.41) is 0. The molecule has 1 radical (unpaired) electrons. The lowest BCUT2D eigenvalue weighted by Gasteiger charge is -2.11. The van der Waals surface area contributed by atoms with Crippen LogP contribution in [0, 0.1) is 6.07 Å². The Bertz CT molecular complexity index is 480. The Balaban J connectivity index is 2.30. The van der Waals surface area contributed by atoms with Crippen molar-refractivity contribution in [1.29, 1.82) is 0 Å². The van der Waals surface area contributed by atoms with E-state index in [1.54, 1.807) is 32.4 Å². The predicted molar refractivity (Wildman–Crippen MR) is 64.9 cm³/mol. The van der Waals surface area contributed by atoms with Gasteiger partial charge in [0.15, 0.2) is 11.5 Å². The average Bonchev–Trinajstić information content (AvgIpc) is 2.40. The molecule has 0 saturated heterocycles. The Labute approximate surface area is 101 Å². The molecule has 0 aliphatic heterocycles. The van der Waals surface area contributed by atoms with Crippen molar-refractivity contribution in [3.8, 4) is 23.0 Å². The molecule has 0 unspecified atom stereocenters. The van der Waals surface area contributed by atoms with Crippen molar-refractivity contribution < 1.29 is 14.2 Å². The minimum Gasteiger partial charge on any atom is -0.497 e. The van der Waals surface area contributed by atoms with Gasteiger partial charge in [-0.25, -0.2) is 0 Å². The van der Waals surface area contributed by atoms with Gasteiger partial charge in [0.05, 0.1) is 14.2 Å². The van der Waals surface area contributed by atoms with Crippen LogP contribution in [0.2, 0.25) is 0 Å². The highest BCUT2D eigenvalue weighted by atomic mass is 16.5. The molecule has 0 saturated carbocycles. The number of benzene rings is 2. The van der Waals surface area contributed by atoms with Crippen molar-refractivity contribution in [1.82, 2.24) is 0 Å². The van der Waals surface area contributed by atoms with Crippen molar-refractivity contribution in [2.45, 2.75) is 0 Å². The van der Waals surface area contributed by atoms with Gasteiger partial charge in [0.25, 0.3) is 0 Å². The van der Waals surface area contributed by atoms with Crippen molar-refractivity contribution in [2.75, 3.05) is 14.2 Å². The molecule has 0 atom stereocenters. The maximum absolute atomic E-state index is 5.72. The molecule has 0 aromatic heterocycles. The van der Waals surface area contributed by atoms with Crippen LogP contribution >= 0.6 is 0 Å². The van der Waals surface area contributed by atoms with E-state index in [-0.39, 0.29) is 0 Å². The lowest BCUT2D eigenvalue weighted by atomic mass is 10.3. The Morgan fingerprint density at radius 2 is 1.59 bits per heavy atom. The van der Waals surface area contributed by atoms with Crippen LogP contribution in [-0.2, 0) is 0 Å². The molecule has 2 rings (SSSR count). The van der Waals surface area contributed by atoms with Crippen LogP contribution in [-0.4, -0.2) is 14.2 Å². The summed E-state index contributed by atoms with van der Waals surface area (Å²) in [5.41, 5.74) is 0. The Morgan fingerprint density at radius 1 is 0.824 bits per heavy atom. The first-order valence-electron chi connectivity index (χ1n) is 5.19. The highest BCUT2D eigenvalue weighted by molar-refractivity contribution is 5.47. The summed E-state index contributed by atoms with van der Waals surface area (Å²) in [4.78, 5) is 0. The zero-order valence-electron chi connectivity index (χ0n) is 9.77. The van der Waals surface area contributed by atoms with Gasteiger partial charge in [-0.3, -0.25) is 0 Å². The molecular formula is C14H13O3. The molecule has 2 aromatic rings. The summed E-state index contributed by atoms with van der Waals surface area (Å²) in [6.45, 7) is 0. The molecule has 0 bridgehead atoms. The normalized spacial score (nSPS) is 9.76. The van der Waals surface area contributed by atoms with Gasteiger partial charge in [-0.05, 0) is 30.3 Å². The van der Waals surface area contributed by atoms with E-state index in [9.17, 15) is 0 Å². The zero-order chi connectivity index (χ0) is 12.1. The first-order valence-corrected chi connectivity index (χ1v) is 5.19. The molecule has 0 aliphatic carbocycles. The first kappa shape index (κ1) is 11.3. The fourth-order valence-corrected chi connectivity index (χ4v) is 1.43. The van der Waals surface area contributed by atoms with Gasteiger partial charge in [0.2, 0.25) is 0 Å². The molecule has 17 heavy (non-hydrogen) atoms. The number of ether oxygens (including phenoxy) is 3. The molecule has 3 nitrogen and oxygen atoms in total. The smallest absolute Gasteiger partial charge is 0.172 e. The largest absolute Gasteiger partial charge is 0.497 e. The van der Waals surface area contributed by atoms with Crippen LogP contribution < -0.4 is 14.2 Å². The van der Waals surface area contributed by atoms with Crippen molar-refractivity contribution in [3.05, 3.63) is 48.5 Å². The van der Waals surface area contributed by atoms with Gasteiger partial charge < -0.3 is 14.2 Å². The van der Waals surface area contributed by atoms with Gasteiger partial charge in [-0.1, -0.05) is 12.1 Å². The molecule has 0 fully saturated rings. The van der Waals surface area contributed by atoms with Crippen LogP contribution in [0.25, 0.3) is 0 Å². The number of rotatable bonds is 4. The van der Waals surface area contributed by atoms with E-state index in [0.717, 1.165) is 11.5 Å². The zero-order valence-corrected chi connectivity index (χ0v) is 9.77. The lowest BCUT2D eigenvalue weighted by molar-refractivity contribution is 0.371. The van der Waals surface area contributed by atoms with Crippen LogP contribution in [0.1, 0.15) is 0 Å². The lowest BCUT2D eigenvalue weighted by Crippen LogP contribution is -1.91. The highest BCUT2D eigenvalue weighted by Gasteiger charge is 2.07. The summed E-state index contributed by atoms with van der Waals surface area (Å²) in [6.07, 6.45) is 0. The van der Waals surface area contributed by atoms with Crippen molar-refractivity contribution >= 4 is 0 Å². The number of hydrogen-bond donors (Lipinski definition) is 0. The van der Waals surface area contributed by atoms with Crippen LogP contribution in [0.3, 0.4) is 0 Å². The van der Waals surface area contributed by atoms with E-state index in [1.807, 2.05) is 24.3 Å². The molecule has 3 heteroatoms. The second-order valence-electron chi connectivity index (χ2n) is 3.35. The van der Waals surface area contributed by atoms with E-state index in [1.165, 1.54) is 0 Å². The maximum Gasteiger partial charge on any atom is 0.172 e. The first-order chi connectivity index (χ1) is 8.33. The predicted octanol–water partition coefficient (Wildman–Crippen LogP) is 3.30. The Morgan fingerprint density at radius 3 is 2.24 bits per heavy atom. The average molecular weight is 229 g/mol. The number of methoxy groups -OCH3 is 2. The van der Waals surface area contributed by atoms with Crippen molar-refractivity contribution in [3.63, 3.8) is 0 Å². The molecular weight excluding hydrogens is 216 g/mol. The van der Waals surface area contributed by atoms with Crippen LogP contribution in [0.5, 0.6) is 23.0 Å². The quantitative estimate of drug-likeness (QED) is 0.805. The minimum atomic E-state index is 0.623. The Hall–Kier alpha value is -2.16. The Kier molecular flexibility index (Phi) is 3.50. The minimum absolute atomic E-state index is 0.623. The fourth-order valence-electron chi connectivity index (χ4n) is 1.43. The third kappa shape index (κ3) is 2.69. The van der Waals surface area contributed by atoms with Crippen LogP contribution in [0.15, 0.2) is 42.5 Å². The molecule has 0 amide bonds. The van der Waals surface area contributed by atoms with Gasteiger partial charge in [-0.15, -0.1) is 0 Å². The summed E-state index contributed by atoms with van der Waals surface area (Å²) < 4.78 is 16.1. The van der Waals surface area contributed by atoms with Gasteiger partial charge in [0, 0.05) is 6.07 Å². The maximum atomic E-state index is 5.72. The molecule has 0 heterocycles. The SMILES string of the molecule is COc1ccc(OC)c(Oc2cc[c]cc2)c1. The molecule has 0 aliphatic rings. The van der Waals surface area contributed by atoms with E-state index >= 15 is 0 Å². The van der Waals surface area contributed by atoms with Crippen LogP contribution in [0.4, 0.5) is 0 Å². The van der Waals surface area contributed by atoms with Crippen molar-refractivity contribution in [2.24, 2.45) is 0 Å². The second-order valence-corrected chi connectivity index (χ2v) is 3.35. The van der Waals surface area contributed by atoms with E-state index in [0.29, 0.717) is 11.5 Å². The summed E-state index contributed by atoms with van der Waals surface area (Å²) in [5.74, 6) is 2.75. The van der Waals surface area contributed by atoms with E-state index < -0.39 is 0 Å².